The van der Waals surface area contributed by atoms with Crippen LogP contribution in [0, 0.1) is 18.6 Å². The van der Waals surface area contributed by atoms with Crippen molar-refractivity contribution in [2.24, 2.45) is 4.99 Å². The second-order valence-corrected chi connectivity index (χ2v) is 11.4. The molecule has 0 saturated carbocycles. The number of ether oxygens (including phenoxy) is 1. The van der Waals surface area contributed by atoms with Gasteiger partial charge in [-0.25, -0.2) is 0 Å². The van der Waals surface area contributed by atoms with Crippen molar-refractivity contribution in [1.82, 2.24) is 20.9 Å². The summed E-state index contributed by atoms with van der Waals surface area (Å²) in [5.74, 6) is 1.12. The number of nitrogen functional groups attached to an aromatic ring is 1. The number of nitrogens with two attached hydrogens (primary N) is 1. The molecule has 0 bridgehead atoms. The van der Waals surface area contributed by atoms with E-state index in [9.17, 15) is 4.79 Å². The number of carbonyl (C=O) groups excluding carboxylic acids is 1. The van der Waals surface area contributed by atoms with Gasteiger partial charge in [0.25, 0.3) is 5.91 Å². The largest absolute Gasteiger partial charge is 0.494 e. The topological polar surface area (TPSA) is 128 Å². The van der Waals surface area contributed by atoms with Gasteiger partial charge in [-0.1, -0.05) is 18.6 Å². The Hall–Kier alpha value is -2.31. The Labute approximate surface area is 252 Å². The first kappa shape index (κ1) is 30.2. The lowest BCUT2D eigenvalue weighted by Gasteiger charge is -2.26. The van der Waals surface area contributed by atoms with Crippen LogP contribution in [0.2, 0.25) is 0 Å². The molecule has 1 heterocycles. The Balaban J connectivity index is 1.33. The molecule has 9 nitrogen and oxygen atoms in total. The first-order chi connectivity index (χ1) is 18.5. The van der Waals surface area contributed by atoms with E-state index in [0.717, 1.165) is 32.3 Å². The van der Waals surface area contributed by atoms with E-state index in [0.29, 0.717) is 43.5 Å². The maximum Gasteiger partial charge on any atom is 0.251 e. The van der Waals surface area contributed by atoms with E-state index in [1.54, 1.807) is 12.1 Å². The highest BCUT2D eigenvalue weighted by molar-refractivity contribution is 14.1. The van der Waals surface area contributed by atoms with E-state index in [1.165, 1.54) is 37.9 Å². The van der Waals surface area contributed by atoms with Gasteiger partial charge in [0.15, 0.2) is 6.19 Å². The second kappa shape index (κ2) is 16.6. The highest BCUT2D eigenvalue weighted by atomic mass is 127. The summed E-state index contributed by atoms with van der Waals surface area (Å²) in [6.07, 6.45) is 7.51. The van der Waals surface area contributed by atoms with Gasteiger partial charge in [-0.15, -0.1) is 0 Å². The zero-order chi connectivity index (χ0) is 27.2. The number of halogens is 2. The van der Waals surface area contributed by atoms with Crippen LogP contribution in [0.5, 0.6) is 5.75 Å². The zero-order valence-corrected chi connectivity index (χ0v) is 25.8. The molecule has 1 fully saturated rings. The third-order valence-corrected chi connectivity index (χ3v) is 7.85. The van der Waals surface area contributed by atoms with Crippen LogP contribution in [0.3, 0.4) is 0 Å². The Morgan fingerprint density at radius 3 is 2.55 bits per heavy atom. The van der Waals surface area contributed by atoms with E-state index < -0.39 is 0 Å². The fourth-order valence-corrected chi connectivity index (χ4v) is 5.84. The van der Waals surface area contributed by atoms with Crippen LogP contribution in [0.25, 0.3) is 0 Å². The number of rotatable bonds is 12. The molecular weight excluding hydrogens is 708 g/mol. The molecule has 0 unspecified atom stereocenters. The molecule has 5 N–H and O–H groups in total. The monoisotopic (exact) mass is 743 g/mol. The van der Waals surface area contributed by atoms with Crippen LogP contribution in [0.1, 0.15) is 48.0 Å². The number of unbranched alkanes of at least 4 members (excludes halogenated alkanes) is 1. The minimum atomic E-state index is -0.175. The van der Waals surface area contributed by atoms with Crippen molar-refractivity contribution < 1.29 is 9.53 Å². The number of amides is 1. The third kappa shape index (κ3) is 10.5. The van der Waals surface area contributed by atoms with Crippen molar-refractivity contribution in [2.45, 2.75) is 38.6 Å². The molecule has 38 heavy (non-hydrogen) atoms. The summed E-state index contributed by atoms with van der Waals surface area (Å²) >= 11 is 4.24. The van der Waals surface area contributed by atoms with E-state index >= 15 is 0 Å². The highest BCUT2D eigenvalue weighted by Crippen LogP contribution is 2.23. The molecule has 3 rings (SSSR count). The van der Waals surface area contributed by atoms with Gasteiger partial charge >= 0.3 is 0 Å². The van der Waals surface area contributed by atoms with Gasteiger partial charge in [-0.05, 0) is 114 Å². The molecule has 204 valence electrons. The average Bonchev–Trinajstić information content (AvgIpc) is 2.92. The summed E-state index contributed by atoms with van der Waals surface area (Å²) in [6.45, 7) is 5.33. The van der Waals surface area contributed by atoms with Gasteiger partial charge in [0, 0.05) is 38.9 Å². The number of hydrogen-bond donors (Lipinski definition) is 4. The first-order valence-corrected chi connectivity index (χ1v) is 15.0. The van der Waals surface area contributed by atoms with Crippen LogP contribution in [-0.4, -0.2) is 56.1 Å². The predicted molar refractivity (Wildman–Crippen MR) is 168 cm³/mol. The lowest BCUT2D eigenvalue weighted by atomic mass is 10.1. The van der Waals surface area contributed by atoms with Crippen molar-refractivity contribution >= 4 is 62.7 Å². The number of piperidine rings is 1. The molecule has 0 atom stereocenters. The van der Waals surface area contributed by atoms with Crippen LogP contribution < -0.4 is 26.4 Å². The molecule has 2 aromatic rings. The van der Waals surface area contributed by atoms with Gasteiger partial charge in [-0.2, -0.15) is 5.26 Å². The molecule has 0 aromatic heterocycles. The lowest BCUT2D eigenvalue weighted by Crippen LogP contribution is -2.40. The molecule has 11 heteroatoms. The van der Waals surface area contributed by atoms with Crippen molar-refractivity contribution in [3.63, 3.8) is 0 Å². The van der Waals surface area contributed by atoms with Crippen LogP contribution in [0.15, 0.2) is 41.4 Å². The van der Waals surface area contributed by atoms with Crippen molar-refractivity contribution in [3.05, 3.63) is 54.7 Å². The van der Waals surface area contributed by atoms with Crippen molar-refractivity contribution in [2.75, 3.05) is 45.1 Å². The smallest absolute Gasteiger partial charge is 0.251 e. The fourth-order valence-electron chi connectivity index (χ4n) is 4.07. The van der Waals surface area contributed by atoms with Gasteiger partial charge in [-0.3, -0.25) is 20.0 Å². The summed E-state index contributed by atoms with van der Waals surface area (Å²) in [4.78, 5) is 19.4. The molecule has 2 aromatic carbocycles. The lowest BCUT2D eigenvalue weighted by molar-refractivity contribution is 0.0954. The first-order valence-electron chi connectivity index (χ1n) is 12.9. The molecule has 0 radical (unpaired) electrons. The van der Waals surface area contributed by atoms with E-state index in [4.69, 9.17) is 15.7 Å². The van der Waals surface area contributed by atoms with E-state index in [-0.39, 0.29) is 5.91 Å². The summed E-state index contributed by atoms with van der Waals surface area (Å²) in [6, 6.07) is 11.9. The van der Waals surface area contributed by atoms with Crippen LogP contribution in [0.4, 0.5) is 5.69 Å². The van der Waals surface area contributed by atoms with Crippen LogP contribution >= 0.6 is 45.2 Å². The Bertz CT molecular complexity index is 1110. The zero-order valence-electron chi connectivity index (χ0n) is 21.4. The number of hydrogen-bond acceptors (Lipinski definition) is 6. The SMILES string of the molecule is N#CNC(=NCCCCOc1cccc(CN2CCCCC2)c1)NCCNC(=O)c1cc(I)c(N)c(I)c1. The molecular formula is C27H35I2N7O2. The summed E-state index contributed by atoms with van der Waals surface area (Å²) in [5.41, 5.74) is 8.48. The molecule has 0 spiro atoms. The number of carbonyl (C=O) groups is 1. The summed E-state index contributed by atoms with van der Waals surface area (Å²) in [5, 5.41) is 17.5. The number of benzene rings is 2. The quantitative estimate of drug-likeness (QED) is 0.0492. The molecule has 0 aliphatic carbocycles. The van der Waals surface area contributed by atoms with Crippen molar-refractivity contribution in [1.29, 1.82) is 5.26 Å². The maximum absolute atomic E-state index is 12.4. The summed E-state index contributed by atoms with van der Waals surface area (Å²) in [7, 11) is 0. The minimum Gasteiger partial charge on any atom is -0.494 e. The fraction of sp³-hybridized carbons (Fsp3) is 0.444. The number of anilines is 1. The van der Waals surface area contributed by atoms with E-state index in [2.05, 4.69) is 89.2 Å². The number of nitrogens with one attached hydrogen (secondary N) is 3. The normalized spacial score (nSPS) is 14.0. The van der Waals surface area contributed by atoms with Crippen molar-refractivity contribution in [3.8, 4) is 11.9 Å². The molecule has 1 saturated heterocycles. The number of nitrogens with zero attached hydrogens (tertiary/aromatic N) is 3. The third-order valence-electron chi connectivity index (χ3n) is 6.06. The molecule has 1 aliphatic heterocycles. The molecule has 1 aliphatic rings. The highest BCUT2D eigenvalue weighted by Gasteiger charge is 2.11. The number of nitriles is 1. The molecule has 1 amide bonds. The van der Waals surface area contributed by atoms with Gasteiger partial charge in [0.05, 0.1) is 12.3 Å². The van der Waals surface area contributed by atoms with Crippen LogP contribution in [-0.2, 0) is 6.54 Å². The Morgan fingerprint density at radius 2 is 1.82 bits per heavy atom. The average molecular weight is 743 g/mol. The van der Waals surface area contributed by atoms with Gasteiger partial charge < -0.3 is 21.1 Å². The predicted octanol–water partition coefficient (Wildman–Crippen LogP) is 4.07. The Kier molecular flexibility index (Phi) is 13.2. The van der Waals surface area contributed by atoms with Gasteiger partial charge in [0.1, 0.15) is 5.75 Å². The van der Waals surface area contributed by atoms with E-state index in [1.807, 2.05) is 12.3 Å². The minimum absolute atomic E-state index is 0.175. The number of likely N-dealkylation sites (tertiary alicyclic amines) is 1. The second-order valence-electron chi connectivity index (χ2n) is 9.04. The number of guanidine groups is 1. The van der Waals surface area contributed by atoms with Gasteiger partial charge in [0.2, 0.25) is 5.96 Å². The summed E-state index contributed by atoms with van der Waals surface area (Å²) < 4.78 is 7.64. The standard InChI is InChI=1S/C27H35I2N7O2/c28-23-16-21(17-24(29)25(23)31)26(37)32-10-11-34-27(35-19-30)33-9-2-5-14-38-22-8-6-7-20(15-22)18-36-12-3-1-4-13-36/h6-8,15-17H,1-5,9-14,18,31H2,(H,32,37)(H2,33,34,35). The number of aliphatic imine (C=N–C) groups is 1. The maximum atomic E-state index is 12.4. The Morgan fingerprint density at radius 1 is 1.08 bits per heavy atom.